The van der Waals surface area contributed by atoms with Crippen LogP contribution in [0.4, 0.5) is 5.82 Å². The minimum atomic E-state index is 0.169. The van der Waals surface area contributed by atoms with E-state index in [1.165, 1.54) is 0 Å². The molecule has 1 atom stereocenters. The number of hydrogen-bond acceptors (Lipinski definition) is 3. The second-order valence-electron chi connectivity index (χ2n) is 3.51. The molecule has 2 heterocycles. The first-order valence-electron chi connectivity index (χ1n) is 5.04. The van der Waals surface area contributed by atoms with Crippen molar-refractivity contribution < 1.29 is 0 Å². The molecule has 4 heteroatoms. The molecule has 16 heavy (non-hydrogen) atoms. The van der Waals surface area contributed by atoms with Gasteiger partial charge in [0.1, 0.15) is 5.82 Å². The zero-order valence-electron chi connectivity index (χ0n) is 8.89. The van der Waals surface area contributed by atoms with Gasteiger partial charge in [-0.2, -0.15) is 0 Å². The van der Waals surface area contributed by atoms with Crippen molar-refractivity contribution in [1.29, 1.82) is 0 Å². The van der Waals surface area contributed by atoms with Crippen LogP contribution in [0.15, 0.2) is 42.9 Å². The molecule has 0 spiro atoms. The van der Waals surface area contributed by atoms with Gasteiger partial charge in [0.05, 0.1) is 11.1 Å². The summed E-state index contributed by atoms with van der Waals surface area (Å²) in [5.74, 6) is 0.806. The van der Waals surface area contributed by atoms with E-state index in [2.05, 4.69) is 22.2 Å². The molecule has 2 aromatic rings. The van der Waals surface area contributed by atoms with Crippen molar-refractivity contribution in [2.75, 3.05) is 5.32 Å². The lowest BCUT2D eigenvalue weighted by Gasteiger charge is -2.14. The first kappa shape index (κ1) is 10.9. The van der Waals surface area contributed by atoms with Crippen molar-refractivity contribution in [3.63, 3.8) is 0 Å². The second-order valence-corrected chi connectivity index (χ2v) is 3.95. The highest BCUT2D eigenvalue weighted by Crippen LogP contribution is 2.17. The van der Waals surface area contributed by atoms with E-state index in [1.54, 1.807) is 12.4 Å². The van der Waals surface area contributed by atoms with Gasteiger partial charge in [0, 0.05) is 18.6 Å². The van der Waals surface area contributed by atoms with E-state index in [4.69, 9.17) is 11.6 Å². The number of hydrogen-bond donors (Lipinski definition) is 1. The van der Waals surface area contributed by atoms with Gasteiger partial charge < -0.3 is 5.32 Å². The minimum absolute atomic E-state index is 0.169. The Kier molecular flexibility index (Phi) is 3.37. The van der Waals surface area contributed by atoms with Crippen molar-refractivity contribution >= 4 is 17.4 Å². The fraction of sp³-hybridized carbons (Fsp3) is 0.167. The van der Waals surface area contributed by atoms with E-state index >= 15 is 0 Å². The Labute approximate surface area is 99.5 Å². The van der Waals surface area contributed by atoms with Gasteiger partial charge in [-0.1, -0.05) is 17.7 Å². The van der Waals surface area contributed by atoms with E-state index in [1.807, 2.05) is 30.5 Å². The average molecular weight is 234 g/mol. The van der Waals surface area contributed by atoms with Gasteiger partial charge in [-0.3, -0.25) is 4.98 Å². The summed E-state index contributed by atoms with van der Waals surface area (Å²) in [7, 11) is 0. The van der Waals surface area contributed by atoms with Crippen LogP contribution >= 0.6 is 11.6 Å². The number of anilines is 1. The monoisotopic (exact) mass is 233 g/mol. The Morgan fingerprint density at radius 1 is 1.25 bits per heavy atom. The van der Waals surface area contributed by atoms with Crippen molar-refractivity contribution in [3.8, 4) is 0 Å². The molecule has 1 N–H and O–H groups in total. The lowest BCUT2D eigenvalue weighted by atomic mass is 10.1. The average Bonchev–Trinajstić information content (AvgIpc) is 2.33. The van der Waals surface area contributed by atoms with Crippen molar-refractivity contribution in [3.05, 3.63) is 53.4 Å². The van der Waals surface area contributed by atoms with Crippen molar-refractivity contribution in [2.45, 2.75) is 13.0 Å². The summed E-state index contributed by atoms with van der Waals surface area (Å²) in [6.45, 7) is 2.06. The Morgan fingerprint density at radius 2 is 2.12 bits per heavy atom. The zero-order chi connectivity index (χ0) is 11.4. The Bertz CT molecular complexity index is 442. The fourth-order valence-electron chi connectivity index (χ4n) is 1.40. The largest absolute Gasteiger partial charge is 0.363 e. The van der Waals surface area contributed by atoms with Crippen LogP contribution in [0.2, 0.25) is 5.02 Å². The highest BCUT2D eigenvalue weighted by molar-refractivity contribution is 6.30. The molecule has 0 aromatic carbocycles. The molecule has 0 radical (unpaired) electrons. The third kappa shape index (κ3) is 2.70. The van der Waals surface area contributed by atoms with Gasteiger partial charge in [-0.15, -0.1) is 0 Å². The summed E-state index contributed by atoms with van der Waals surface area (Å²) in [5.41, 5.74) is 1.12. The van der Waals surface area contributed by atoms with Crippen LogP contribution in [0.3, 0.4) is 0 Å². The molecule has 82 valence electrons. The maximum atomic E-state index is 5.76. The number of pyridine rings is 2. The molecule has 2 rings (SSSR count). The molecule has 2 aromatic heterocycles. The number of nitrogens with zero attached hydrogens (tertiary/aromatic N) is 2. The first-order valence-corrected chi connectivity index (χ1v) is 5.41. The van der Waals surface area contributed by atoms with Gasteiger partial charge in [0.2, 0.25) is 0 Å². The summed E-state index contributed by atoms with van der Waals surface area (Å²) in [5, 5.41) is 3.91. The van der Waals surface area contributed by atoms with Crippen LogP contribution in [0.25, 0.3) is 0 Å². The van der Waals surface area contributed by atoms with E-state index in [9.17, 15) is 0 Å². The predicted octanol–water partition coefficient (Wildman–Crippen LogP) is 3.30. The Balaban J connectivity index is 2.08. The summed E-state index contributed by atoms with van der Waals surface area (Å²) in [4.78, 5) is 8.26. The SMILES string of the molecule is CC(Nc1ccc(Cl)cn1)c1cccnc1. The van der Waals surface area contributed by atoms with Gasteiger partial charge in [-0.05, 0) is 30.7 Å². The van der Waals surface area contributed by atoms with Gasteiger partial charge in [0.25, 0.3) is 0 Å². The van der Waals surface area contributed by atoms with Crippen LogP contribution in [-0.4, -0.2) is 9.97 Å². The molecular formula is C12H12ClN3. The number of aromatic nitrogens is 2. The molecule has 3 nitrogen and oxygen atoms in total. The summed E-state index contributed by atoms with van der Waals surface area (Å²) >= 11 is 5.76. The third-order valence-electron chi connectivity index (χ3n) is 2.28. The Hall–Kier alpha value is -1.61. The third-order valence-corrected chi connectivity index (χ3v) is 2.50. The number of halogens is 1. The molecule has 0 saturated carbocycles. The second kappa shape index (κ2) is 4.94. The van der Waals surface area contributed by atoms with E-state index in [0.29, 0.717) is 5.02 Å². The van der Waals surface area contributed by atoms with E-state index < -0.39 is 0 Å². The number of rotatable bonds is 3. The van der Waals surface area contributed by atoms with E-state index in [0.717, 1.165) is 11.4 Å². The van der Waals surface area contributed by atoms with Gasteiger partial charge in [-0.25, -0.2) is 4.98 Å². The zero-order valence-corrected chi connectivity index (χ0v) is 9.65. The smallest absolute Gasteiger partial charge is 0.126 e. The molecule has 0 saturated heterocycles. The molecule has 0 fully saturated rings. The molecule has 0 bridgehead atoms. The normalized spacial score (nSPS) is 12.1. The lowest BCUT2D eigenvalue weighted by Crippen LogP contribution is -2.07. The van der Waals surface area contributed by atoms with Crippen LogP contribution in [0.1, 0.15) is 18.5 Å². The number of nitrogens with one attached hydrogen (secondary N) is 1. The molecule has 0 aliphatic heterocycles. The molecular weight excluding hydrogens is 222 g/mol. The summed E-state index contributed by atoms with van der Waals surface area (Å²) in [6, 6.07) is 7.79. The first-order chi connectivity index (χ1) is 7.75. The van der Waals surface area contributed by atoms with Crippen LogP contribution in [0.5, 0.6) is 0 Å². The topological polar surface area (TPSA) is 37.8 Å². The molecule has 1 unspecified atom stereocenters. The maximum absolute atomic E-state index is 5.76. The van der Waals surface area contributed by atoms with Crippen LogP contribution < -0.4 is 5.32 Å². The molecule has 0 amide bonds. The van der Waals surface area contributed by atoms with Gasteiger partial charge >= 0.3 is 0 Å². The predicted molar refractivity (Wildman–Crippen MR) is 65.5 cm³/mol. The van der Waals surface area contributed by atoms with Crippen LogP contribution in [-0.2, 0) is 0 Å². The van der Waals surface area contributed by atoms with Crippen molar-refractivity contribution in [1.82, 2.24) is 9.97 Å². The quantitative estimate of drug-likeness (QED) is 0.884. The highest BCUT2D eigenvalue weighted by atomic mass is 35.5. The van der Waals surface area contributed by atoms with Gasteiger partial charge in [0.15, 0.2) is 0 Å². The molecule has 0 aliphatic rings. The standard InChI is InChI=1S/C12H12ClN3/c1-9(10-3-2-6-14-7-10)16-12-5-4-11(13)8-15-12/h2-9H,1H3,(H,15,16). The van der Waals surface area contributed by atoms with E-state index in [-0.39, 0.29) is 6.04 Å². The highest BCUT2D eigenvalue weighted by Gasteiger charge is 2.05. The summed E-state index contributed by atoms with van der Waals surface area (Å²) < 4.78 is 0. The lowest BCUT2D eigenvalue weighted by molar-refractivity contribution is 0.866. The fourth-order valence-corrected chi connectivity index (χ4v) is 1.51. The maximum Gasteiger partial charge on any atom is 0.126 e. The Morgan fingerprint density at radius 3 is 2.75 bits per heavy atom. The molecule has 0 aliphatic carbocycles. The van der Waals surface area contributed by atoms with Crippen LogP contribution in [0, 0.1) is 0 Å². The van der Waals surface area contributed by atoms with Crippen molar-refractivity contribution in [2.24, 2.45) is 0 Å². The summed E-state index contributed by atoms with van der Waals surface area (Å²) in [6.07, 6.45) is 5.23. The minimum Gasteiger partial charge on any atom is -0.363 e.